The molecule has 7 nitrogen and oxygen atoms in total. The first-order valence-corrected chi connectivity index (χ1v) is 10.2. The zero-order chi connectivity index (χ0) is 20.2. The largest absolute Gasteiger partial charge is 0.462 e. The molecule has 0 fully saturated rings. The number of hydrogen-bond acceptors (Lipinski definition) is 5. The molecule has 1 amide bonds. The van der Waals surface area contributed by atoms with Gasteiger partial charge in [0.1, 0.15) is 0 Å². The van der Waals surface area contributed by atoms with Gasteiger partial charge in [-0.1, -0.05) is 6.07 Å². The lowest BCUT2D eigenvalue weighted by molar-refractivity contribution is 0.0526. The molecular weight excluding hydrogens is 368 g/mol. The molecule has 0 spiro atoms. The maximum absolute atomic E-state index is 12.6. The second kappa shape index (κ2) is 8.22. The van der Waals surface area contributed by atoms with Crippen molar-refractivity contribution in [2.24, 2.45) is 0 Å². The molecule has 0 aliphatic heterocycles. The molecule has 2 N–H and O–H groups in total. The Kier molecular flexibility index (Phi) is 6.22. The summed E-state index contributed by atoms with van der Waals surface area (Å²) in [6, 6.07) is 9.66. The molecule has 2 rings (SSSR count). The van der Waals surface area contributed by atoms with E-state index in [4.69, 9.17) is 4.74 Å². The van der Waals surface area contributed by atoms with Crippen molar-refractivity contribution in [2.45, 2.75) is 20.8 Å². The van der Waals surface area contributed by atoms with Crippen molar-refractivity contribution in [3.63, 3.8) is 0 Å². The molecule has 2 aromatic rings. The minimum Gasteiger partial charge on any atom is -0.462 e. The molecule has 0 aromatic heterocycles. The topological polar surface area (TPSA) is 102 Å². The normalized spacial score (nSPS) is 11.0. The average molecular weight is 390 g/mol. The van der Waals surface area contributed by atoms with Crippen LogP contribution >= 0.6 is 0 Å². The van der Waals surface area contributed by atoms with Gasteiger partial charge in [0.2, 0.25) is 10.0 Å². The summed E-state index contributed by atoms with van der Waals surface area (Å²) >= 11 is 0. The molecule has 0 aliphatic rings. The Morgan fingerprint density at radius 2 is 1.78 bits per heavy atom. The van der Waals surface area contributed by atoms with Gasteiger partial charge in [-0.3, -0.25) is 9.52 Å². The molecule has 27 heavy (non-hydrogen) atoms. The third-order valence-corrected chi connectivity index (χ3v) is 4.45. The van der Waals surface area contributed by atoms with Gasteiger partial charge in [-0.15, -0.1) is 0 Å². The van der Waals surface area contributed by atoms with Crippen LogP contribution in [0.2, 0.25) is 0 Å². The number of sulfonamides is 1. The van der Waals surface area contributed by atoms with Crippen molar-refractivity contribution in [1.82, 2.24) is 0 Å². The van der Waals surface area contributed by atoms with Gasteiger partial charge in [0.25, 0.3) is 5.91 Å². The van der Waals surface area contributed by atoms with Crippen LogP contribution < -0.4 is 10.0 Å². The summed E-state index contributed by atoms with van der Waals surface area (Å²) in [5, 5.41) is 2.79. The van der Waals surface area contributed by atoms with Crippen molar-refractivity contribution in [1.29, 1.82) is 0 Å². The first-order chi connectivity index (χ1) is 12.6. The van der Waals surface area contributed by atoms with Crippen molar-refractivity contribution in [3.05, 3.63) is 58.7 Å². The summed E-state index contributed by atoms with van der Waals surface area (Å²) in [6.45, 7) is 5.45. The molecule has 0 atom stereocenters. The van der Waals surface area contributed by atoms with Gasteiger partial charge in [0.05, 0.1) is 24.1 Å². The van der Waals surface area contributed by atoms with Crippen LogP contribution in [-0.2, 0) is 14.8 Å². The molecule has 0 aliphatic carbocycles. The monoisotopic (exact) mass is 390 g/mol. The fraction of sp³-hybridized carbons (Fsp3) is 0.263. The zero-order valence-electron chi connectivity index (χ0n) is 15.6. The molecule has 0 unspecified atom stereocenters. The summed E-state index contributed by atoms with van der Waals surface area (Å²) in [5.41, 5.74) is 2.87. The predicted molar refractivity (Wildman–Crippen MR) is 105 cm³/mol. The maximum atomic E-state index is 12.6. The highest BCUT2D eigenvalue weighted by Gasteiger charge is 2.15. The summed E-state index contributed by atoms with van der Waals surface area (Å²) in [6.07, 6.45) is 1.05. The molecular formula is C19H22N2O5S. The molecule has 0 radical (unpaired) electrons. The number of nitrogens with one attached hydrogen (secondary N) is 2. The predicted octanol–water partition coefficient (Wildman–Crippen LogP) is 3.10. The Morgan fingerprint density at radius 3 is 2.37 bits per heavy atom. The lowest BCUT2D eigenvalue weighted by atomic mass is 10.1. The quantitative estimate of drug-likeness (QED) is 0.738. The van der Waals surface area contributed by atoms with Crippen LogP contribution in [0.1, 0.15) is 38.8 Å². The van der Waals surface area contributed by atoms with E-state index in [9.17, 15) is 18.0 Å². The zero-order valence-corrected chi connectivity index (χ0v) is 16.4. The van der Waals surface area contributed by atoms with E-state index < -0.39 is 16.0 Å². The van der Waals surface area contributed by atoms with E-state index in [1.54, 1.807) is 57.2 Å². The number of aryl methyl sites for hydroxylation is 1. The highest BCUT2D eigenvalue weighted by molar-refractivity contribution is 7.92. The van der Waals surface area contributed by atoms with Gasteiger partial charge in [-0.2, -0.15) is 0 Å². The Hall–Kier alpha value is -2.87. The molecule has 2 aromatic carbocycles. The highest BCUT2D eigenvalue weighted by atomic mass is 32.2. The Labute approximate surface area is 158 Å². The minimum absolute atomic E-state index is 0.285. The van der Waals surface area contributed by atoms with Crippen LogP contribution in [-0.4, -0.2) is 33.2 Å². The number of ether oxygens (including phenoxy) is 1. The van der Waals surface area contributed by atoms with E-state index in [-0.39, 0.29) is 12.5 Å². The summed E-state index contributed by atoms with van der Waals surface area (Å²) in [7, 11) is -3.45. The van der Waals surface area contributed by atoms with Crippen molar-refractivity contribution < 1.29 is 22.7 Å². The van der Waals surface area contributed by atoms with E-state index >= 15 is 0 Å². The van der Waals surface area contributed by atoms with Crippen LogP contribution in [0.5, 0.6) is 0 Å². The standard InChI is InChI=1S/C19H22N2O5S/c1-5-26-19(23)14-9-10-16(12(2)11-14)20-18(22)15-7-6-8-17(13(15)3)21-27(4,24)25/h6-11,21H,5H2,1-4H3,(H,20,22). The third-order valence-electron chi connectivity index (χ3n) is 3.86. The fourth-order valence-corrected chi connectivity index (χ4v) is 3.15. The minimum atomic E-state index is -3.45. The van der Waals surface area contributed by atoms with Crippen LogP contribution in [0.3, 0.4) is 0 Å². The molecule has 144 valence electrons. The number of hydrogen-bond donors (Lipinski definition) is 2. The summed E-state index contributed by atoms with van der Waals surface area (Å²) in [5.74, 6) is -0.800. The third kappa shape index (κ3) is 5.30. The van der Waals surface area contributed by atoms with Gasteiger partial charge in [-0.25, -0.2) is 13.2 Å². The smallest absolute Gasteiger partial charge is 0.338 e. The van der Waals surface area contributed by atoms with Crippen LogP contribution in [0.15, 0.2) is 36.4 Å². The first kappa shape index (κ1) is 20.4. The van der Waals surface area contributed by atoms with E-state index in [1.165, 1.54) is 0 Å². The summed E-state index contributed by atoms with van der Waals surface area (Å²) in [4.78, 5) is 24.4. The Bertz CT molecular complexity index is 984. The highest BCUT2D eigenvalue weighted by Crippen LogP contribution is 2.23. The van der Waals surface area contributed by atoms with Crippen LogP contribution in [0.4, 0.5) is 11.4 Å². The number of esters is 1. The molecule has 0 bridgehead atoms. The molecule has 0 heterocycles. The number of amides is 1. The lowest BCUT2D eigenvalue weighted by Gasteiger charge is -2.14. The van der Waals surface area contributed by atoms with E-state index in [0.717, 1.165) is 6.26 Å². The molecule has 0 saturated carbocycles. The van der Waals surface area contributed by atoms with Crippen molar-refractivity contribution in [3.8, 4) is 0 Å². The Balaban J connectivity index is 2.25. The Morgan fingerprint density at radius 1 is 1.07 bits per heavy atom. The van der Waals surface area contributed by atoms with Crippen LogP contribution in [0, 0.1) is 13.8 Å². The molecule has 0 saturated heterocycles. The SMILES string of the molecule is CCOC(=O)c1ccc(NC(=O)c2cccc(NS(C)(=O)=O)c2C)c(C)c1. The number of benzene rings is 2. The second-order valence-electron chi connectivity index (χ2n) is 6.06. The van der Waals surface area contributed by atoms with Crippen molar-refractivity contribution >= 4 is 33.3 Å². The van der Waals surface area contributed by atoms with Crippen LogP contribution in [0.25, 0.3) is 0 Å². The van der Waals surface area contributed by atoms with Gasteiger partial charge in [-0.05, 0) is 62.2 Å². The number of anilines is 2. The number of carbonyl (C=O) groups excluding carboxylic acids is 2. The average Bonchev–Trinajstić information content (AvgIpc) is 2.57. The van der Waals surface area contributed by atoms with Gasteiger partial charge >= 0.3 is 5.97 Å². The lowest BCUT2D eigenvalue weighted by Crippen LogP contribution is -2.17. The van der Waals surface area contributed by atoms with E-state index in [2.05, 4.69) is 10.0 Å². The maximum Gasteiger partial charge on any atom is 0.338 e. The molecule has 8 heteroatoms. The van der Waals surface area contributed by atoms with Gasteiger partial charge < -0.3 is 10.1 Å². The van der Waals surface area contributed by atoms with Crippen molar-refractivity contribution in [2.75, 3.05) is 22.9 Å². The fourth-order valence-electron chi connectivity index (χ4n) is 2.53. The number of carbonyl (C=O) groups is 2. The second-order valence-corrected chi connectivity index (χ2v) is 7.81. The van der Waals surface area contributed by atoms with E-state index in [0.29, 0.717) is 33.6 Å². The van der Waals surface area contributed by atoms with E-state index in [1.807, 2.05) is 0 Å². The van der Waals surface area contributed by atoms with Gasteiger partial charge in [0.15, 0.2) is 0 Å². The number of rotatable bonds is 6. The summed E-state index contributed by atoms with van der Waals surface area (Å²) < 4.78 is 30.3. The first-order valence-electron chi connectivity index (χ1n) is 8.29. The van der Waals surface area contributed by atoms with Gasteiger partial charge in [0, 0.05) is 11.3 Å².